The Labute approximate surface area is 306 Å². The predicted octanol–water partition coefficient (Wildman–Crippen LogP) is 3.34. The van der Waals surface area contributed by atoms with E-state index in [1.807, 2.05) is 6.07 Å². The number of benzene rings is 1. The molecular formula is C35H56N4O12Si. The zero-order chi connectivity index (χ0) is 39.5. The van der Waals surface area contributed by atoms with Crippen molar-refractivity contribution in [2.45, 2.75) is 122 Å². The van der Waals surface area contributed by atoms with Crippen molar-refractivity contribution >= 4 is 50.0 Å². The second kappa shape index (κ2) is 22.3. The molecule has 16 nitrogen and oxygen atoms in total. The van der Waals surface area contributed by atoms with Crippen molar-refractivity contribution < 1.29 is 57.2 Å². The van der Waals surface area contributed by atoms with Crippen molar-refractivity contribution in [3.8, 4) is 0 Å². The molecule has 4 N–H and O–H groups in total. The Kier molecular flexibility index (Phi) is 19.4. The zero-order valence-electron chi connectivity index (χ0n) is 31.8. The van der Waals surface area contributed by atoms with Gasteiger partial charge in [-0.05, 0) is 65.0 Å². The quantitative estimate of drug-likeness (QED) is 0.0858. The highest BCUT2D eigenvalue weighted by Gasteiger charge is 2.30. The van der Waals surface area contributed by atoms with Gasteiger partial charge >= 0.3 is 30.1 Å². The molecule has 1 rings (SSSR count). The maximum Gasteiger partial charge on any atom is 0.408 e. The van der Waals surface area contributed by atoms with E-state index < -0.39 is 79.8 Å². The molecule has 4 atom stereocenters. The molecule has 0 unspecified atom stereocenters. The van der Waals surface area contributed by atoms with Gasteiger partial charge in [-0.15, -0.1) is 0 Å². The van der Waals surface area contributed by atoms with Crippen LogP contribution in [0.15, 0.2) is 30.3 Å². The first-order valence-corrected chi connectivity index (χ1v) is 20.8. The first-order chi connectivity index (χ1) is 24.2. The Morgan fingerprint density at radius 3 is 1.81 bits per heavy atom. The molecule has 4 amide bonds. The Morgan fingerprint density at radius 2 is 1.27 bits per heavy atom. The third-order valence-electron chi connectivity index (χ3n) is 7.28. The Morgan fingerprint density at radius 1 is 0.712 bits per heavy atom. The van der Waals surface area contributed by atoms with Gasteiger partial charge in [0.25, 0.3) is 0 Å². The van der Waals surface area contributed by atoms with Gasteiger partial charge < -0.3 is 45.0 Å². The molecular weight excluding hydrogens is 696 g/mol. The summed E-state index contributed by atoms with van der Waals surface area (Å²) in [7, 11) is 0.748. The minimum atomic E-state index is -1.55. The average molecular weight is 753 g/mol. The van der Waals surface area contributed by atoms with Crippen LogP contribution in [0.4, 0.5) is 9.59 Å². The fourth-order valence-electron chi connectivity index (χ4n) is 4.41. The number of nitrogens with one attached hydrogen (secondary N) is 4. The number of hydrogen-bond acceptors (Lipinski definition) is 12. The minimum absolute atomic E-state index is 0.0113. The van der Waals surface area contributed by atoms with Crippen LogP contribution < -0.4 is 21.3 Å². The van der Waals surface area contributed by atoms with Gasteiger partial charge in [0.1, 0.15) is 36.4 Å². The molecule has 0 aromatic heterocycles. The first-order valence-electron chi connectivity index (χ1n) is 17.1. The number of hydrogen-bond donors (Lipinski definition) is 4. The van der Waals surface area contributed by atoms with Crippen molar-refractivity contribution in [1.82, 2.24) is 21.3 Å². The van der Waals surface area contributed by atoms with Crippen LogP contribution in [0.5, 0.6) is 0 Å². The van der Waals surface area contributed by atoms with Crippen molar-refractivity contribution in [3.05, 3.63) is 35.9 Å². The summed E-state index contributed by atoms with van der Waals surface area (Å²) in [6.45, 7) is 12.9. The Balaban J connectivity index is 2.88. The third kappa shape index (κ3) is 19.6. The molecule has 17 heteroatoms. The minimum Gasteiger partial charge on any atom is -0.467 e. The Bertz CT molecular complexity index is 1350. The molecule has 0 spiro atoms. The van der Waals surface area contributed by atoms with E-state index in [1.165, 1.54) is 14.0 Å². The second-order valence-corrected chi connectivity index (χ2v) is 19.9. The zero-order valence-corrected chi connectivity index (χ0v) is 32.8. The van der Waals surface area contributed by atoms with Gasteiger partial charge in [0.05, 0.1) is 20.8 Å². The van der Waals surface area contributed by atoms with Gasteiger partial charge in [0.15, 0.2) is 0 Å². The highest BCUT2D eigenvalue weighted by Crippen LogP contribution is 2.13. The van der Waals surface area contributed by atoms with Gasteiger partial charge in [-0.25, -0.2) is 24.0 Å². The van der Waals surface area contributed by atoms with E-state index >= 15 is 0 Å². The van der Waals surface area contributed by atoms with Crippen LogP contribution in [-0.4, -0.2) is 101 Å². The van der Waals surface area contributed by atoms with Gasteiger partial charge in [-0.3, -0.25) is 9.59 Å². The number of rotatable bonds is 20. The summed E-state index contributed by atoms with van der Waals surface area (Å²) in [4.78, 5) is 88.4. The fraction of sp³-hybridized carbons (Fsp3) is 0.629. The molecule has 0 aliphatic rings. The maximum absolute atomic E-state index is 13.1. The number of ether oxygens (including phenoxy) is 5. The highest BCUT2D eigenvalue weighted by atomic mass is 28.3. The van der Waals surface area contributed by atoms with Crippen molar-refractivity contribution in [1.29, 1.82) is 0 Å². The molecule has 0 saturated heterocycles. The van der Waals surface area contributed by atoms with E-state index in [1.54, 1.807) is 45.0 Å². The summed E-state index contributed by atoms with van der Waals surface area (Å²) < 4.78 is 25.5. The lowest BCUT2D eigenvalue weighted by Gasteiger charge is -2.23. The van der Waals surface area contributed by atoms with Gasteiger partial charge in [-0.1, -0.05) is 50.0 Å². The van der Waals surface area contributed by atoms with Crippen molar-refractivity contribution in [2.24, 2.45) is 0 Å². The standard InChI is InChI=1S/C35H56N4O12Si/c1-23(36-33(45)50-22-24-14-11-10-12-15-24)29(41)38-27(31(43)48-6)18-19-28(40)37-26(32(44)49-20-21-52(7,8)9)17-13-16-25(30(42)47-5)39-34(46)51-35(2,3)4/h10-12,14-15,23,25-27H,13,16-22H2,1-9H3,(H,36,45)(H,37,40)(H,38,41)(H,39,46)/t23-,25-,26-,27+/m0/s1. The number of amides is 4. The van der Waals surface area contributed by atoms with Crippen LogP contribution in [-0.2, 0) is 54.3 Å². The van der Waals surface area contributed by atoms with Gasteiger partial charge in [0.2, 0.25) is 11.8 Å². The monoisotopic (exact) mass is 752 g/mol. The number of carbonyl (C=O) groups is 7. The molecule has 0 bridgehead atoms. The van der Waals surface area contributed by atoms with Gasteiger partial charge in [-0.2, -0.15) is 0 Å². The molecule has 292 valence electrons. The van der Waals surface area contributed by atoms with E-state index in [2.05, 4.69) is 40.9 Å². The van der Waals surface area contributed by atoms with Gasteiger partial charge in [0, 0.05) is 14.5 Å². The normalized spacial score (nSPS) is 13.6. The van der Waals surface area contributed by atoms with Crippen molar-refractivity contribution in [3.63, 3.8) is 0 Å². The highest BCUT2D eigenvalue weighted by molar-refractivity contribution is 6.76. The van der Waals surface area contributed by atoms with Crippen LogP contribution in [0, 0.1) is 0 Å². The van der Waals surface area contributed by atoms with Crippen LogP contribution >= 0.6 is 0 Å². The average Bonchev–Trinajstić information content (AvgIpc) is 3.06. The van der Waals surface area contributed by atoms with Crippen molar-refractivity contribution in [2.75, 3.05) is 20.8 Å². The molecule has 1 aromatic rings. The molecule has 0 aliphatic heterocycles. The van der Waals surface area contributed by atoms with E-state index in [0.717, 1.165) is 12.7 Å². The summed E-state index contributed by atoms with van der Waals surface area (Å²) in [5.74, 6) is -3.57. The summed E-state index contributed by atoms with van der Waals surface area (Å²) in [6, 6.07) is 5.09. The lowest BCUT2D eigenvalue weighted by Crippen LogP contribution is -2.51. The molecule has 0 aliphatic carbocycles. The molecule has 1 aromatic carbocycles. The number of esters is 3. The van der Waals surface area contributed by atoms with Crippen LogP contribution in [0.25, 0.3) is 0 Å². The van der Waals surface area contributed by atoms with E-state index in [4.69, 9.17) is 23.7 Å². The summed E-state index contributed by atoms with van der Waals surface area (Å²) in [5, 5.41) is 9.96. The number of carbonyl (C=O) groups excluding carboxylic acids is 7. The van der Waals surface area contributed by atoms with Crippen LogP contribution in [0.1, 0.15) is 65.4 Å². The fourth-order valence-corrected chi connectivity index (χ4v) is 5.13. The summed E-state index contributed by atoms with van der Waals surface area (Å²) >= 11 is 0. The second-order valence-electron chi connectivity index (χ2n) is 14.3. The number of alkyl carbamates (subject to hydrolysis) is 2. The van der Waals surface area contributed by atoms with Crippen LogP contribution in [0.2, 0.25) is 25.7 Å². The molecule has 0 fully saturated rings. The Hall–Kier alpha value is -4.67. The lowest BCUT2D eigenvalue weighted by atomic mass is 10.0. The summed E-state index contributed by atoms with van der Waals surface area (Å²) in [6.07, 6.45) is -1.88. The SMILES string of the molecule is COC(=O)[C@H](CCC[C@H](NC(=O)CC[C@@H](NC(=O)[C@H](C)NC(=O)OCc1ccccc1)C(=O)OC)C(=O)OCC[Si](C)(C)C)NC(=O)OC(C)(C)C. The first kappa shape index (κ1) is 45.3. The molecule has 0 radical (unpaired) electrons. The maximum atomic E-state index is 13.1. The topological polar surface area (TPSA) is 214 Å². The molecule has 52 heavy (non-hydrogen) atoms. The largest absolute Gasteiger partial charge is 0.467 e. The lowest BCUT2D eigenvalue weighted by molar-refractivity contribution is -0.148. The number of methoxy groups -OCH3 is 2. The smallest absolute Gasteiger partial charge is 0.408 e. The van der Waals surface area contributed by atoms with Crippen LogP contribution in [0.3, 0.4) is 0 Å². The molecule has 0 saturated carbocycles. The molecule has 0 heterocycles. The predicted molar refractivity (Wildman–Crippen MR) is 192 cm³/mol. The van der Waals surface area contributed by atoms with E-state index in [9.17, 15) is 33.6 Å². The third-order valence-corrected chi connectivity index (χ3v) is 8.99. The van der Waals surface area contributed by atoms with E-state index in [0.29, 0.717) is 6.04 Å². The van der Waals surface area contributed by atoms with E-state index in [-0.39, 0.29) is 45.3 Å². The summed E-state index contributed by atoms with van der Waals surface area (Å²) in [5.41, 5.74) is -0.0530.